The van der Waals surface area contributed by atoms with Crippen molar-refractivity contribution in [3.63, 3.8) is 0 Å². The van der Waals surface area contributed by atoms with Crippen molar-refractivity contribution < 1.29 is 4.39 Å². The zero-order valence-corrected chi connectivity index (χ0v) is 9.91. The average molecular weight is 222 g/mol. The van der Waals surface area contributed by atoms with Gasteiger partial charge in [0.05, 0.1) is 0 Å². The van der Waals surface area contributed by atoms with Crippen LogP contribution in [0, 0.1) is 5.82 Å². The van der Waals surface area contributed by atoms with Gasteiger partial charge in [-0.05, 0) is 38.8 Å². The fraction of sp³-hybridized carbons (Fsp3) is 0.538. The molecule has 1 atom stereocenters. The first-order valence-corrected chi connectivity index (χ1v) is 5.95. The van der Waals surface area contributed by atoms with E-state index in [1.807, 2.05) is 13.0 Å². The molecule has 1 saturated carbocycles. The molecule has 1 aliphatic carbocycles. The second kappa shape index (κ2) is 4.42. The molecule has 0 unspecified atom stereocenters. The van der Waals surface area contributed by atoms with Crippen LogP contribution in [-0.2, 0) is 0 Å². The van der Waals surface area contributed by atoms with E-state index >= 15 is 0 Å². The Hall–Kier alpha value is -1.09. The van der Waals surface area contributed by atoms with Crippen molar-refractivity contribution in [1.82, 2.24) is 0 Å². The number of rotatable bonds is 4. The third-order valence-electron chi connectivity index (χ3n) is 3.12. The Labute approximate surface area is 96.2 Å². The summed E-state index contributed by atoms with van der Waals surface area (Å²) < 4.78 is 13.8. The van der Waals surface area contributed by atoms with E-state index in [4.69, 9.17) is 5.73 Å². The fourth-order valence-electron chi connectivity index (χ4n) is 2.24. The summed E-state index contributed by atoms with van der Waals surface area (Å²) in [7, 11) is 0. The molecule has 0 amide bonds. The minimum Gasteiger partial charge on any atom is -0.368 e. The third kappa shape index (κ3) is 2.05. The van der Waals surface area contributed by atoms with Gasteiger partial charge in [0.2, 0.25) is 0 Å². The van der Waals surface area contributed by atoms with E-state index < -0.39 is 0 Å². The number of nitrogens with zero attached hydrogens (tertiary/aromatic N) is 1. The number of anilines is 1. The van der Waals surface area contributed by atoms with Gasteiger partial charge in [-0.1, -0.05) is 6.07 Å². The molecule has 0 saturated heterocycles. The quantitative estimate of drug-likeness (QED) is 0.848. The Balaban J connectivity index is 2.41. The molecule has 0 bridgehead atoms. The summed E-state index contributed by atoms with van der Waals surface area (Å²) in [6.45, 7) is 4.85. The van der Waals surface area contributed by atoms with Crippen LogP contribution in [0.1, 0.15) is 38.3 Å². The van der Waals surface area contributed by atoms with Gasteiger partial charge in [0.15, 0.2) is 0 Å². The van der Waals surface area contributed by atoms with Gasteiger partial charge in [-0.2, -0.15) is 0 Å². The first-order chi connectivity index (χ1) is 7.65. The number of hydrogen-bond donors (Lipinski definition) is 1. The van der Waals surface area contributed by atoms with Gasteiger partial charge in [0.25, 0.3) is 0 Å². The van der Waals surface area contributed by atoms with Crippen LogP contribution in [0.2, 0.25) is 0 Å². The van der Waals surface area contributed by atoms with Crippen LogP contribution < -0.4 is 10.6 Å². The van der Waals surface area contributed by atoms with E-state index in [0.717, 1.165) is 12.2 Å². The van der Waals surface area contributed by atoms with Gasteiger partial charge in [0.1, 0.15) is 5.82 Å². The number of hydrogen-bond acceptors (Lipinski definition) is 2. The molecule has 2 rings (SSSR count). The Morgan fingerprint density at radius 3 is 2.69 bits per heavy atom. The molecule has 1 aliphatic rings. The molecule has 0 spiro atoms. The lowest BCUT2D eigenvalue weighted by atomic mass is 10.0. The van der Waals surface area contributed by atoms with Crippen molar-refractivity contribution in [1.29, 1.82) is 0 Å². The van der Waals surface area contributed by atoms with Gasteiger partial charge >= 0.3 is 0 Å². The lowest BCUT2D eigenvalue weighted by Gasteiger charge is -2.27. The van der Waals surface area contributed by atoms with Gasteiger partial charge in [-0.3, -0.25) is 0 Å². The summed E-state index contributed by atoms with van der Waals surface area (Å²) in [6, 6.07) is 5.56. The second-order valence-corrected chi connectivity index (χ2v) is 4.48. The minimum absolute atomic E-state index is 0.188. The van der Waals surface area contributed by atoms with Gasteiger partial charge < -0.3 is 10.6 Å². The molecule has 0 aliphatic heterocycles. The van der Waals surface area contributed by atoms with Crippen molar-refractivity contribution in [2.24, 2.45) is 5.73 Å². The van der Waals surface area contributed by atoms with Crippen LogP contribution in [-0.4, -0.2) is 12.6 Å². The van der Waals surface area contributed by atoms with Crippen LogP contribution in [0.5, 0.6) is 0 Å². The van der Waals surface area contributed by atoms with Crippen molar-refractivity contribution in [3.05, 3.63) is 29.6 Å². The topological polar surface area (TPSA) is 29.3 Å². The highest BCUT2D eigenvalue weighted by atomic mass is 19.1. The predicted molar refractivity (Wildman–Crippen MR) is 65.0 cm³/mol. The summed E-state index contributed by atoms with van der Waals surface area (Å²) >= 11 is 0. The fourth-order valence-corrected chi connectivity index (χ4v) is 2.24. The van der Waals surface area contributed by atoms with Crippen LogP contribution in [0.4, 0.5) is 10.1 Å². The standard InChI is InChI=1S/C13H19FN2/c1-3-16(10-7-8-10)12-6-4-5-11(14)13(12)9(2)15/h4-6,9-10H,3,7-8,15H2,1-2H3/t9-/m1/s1. The summed E-state index contributed by atoms with van der Waals surface area (Å²) in [5.41, 5.74) is 7.48. The summed E-state index contributed by atoms with van der Waals surface area (Å²) in [5, 5.41) is 0. The summed E-state index contributed by atoms with van der Waals surface area (Å²) in [4.78, 5) is 2.27. The maximum Gasteiger partial charge on any atom is 0.130 e. The Morgan fingerprint density at radius 1 is 1.50 bits per heavy atom. The molecule has 3 heteroatoms. The molecule has 16 heavy (non-hydrogen) atoms. The first kappa shape index (κ1) is 11.4. The van der Waals surface area contributed by atoms with Crippen molar-refractivity contribution in [2.75, 3.05) is 11.4 Å². The third-order valence-corrected chi connectivity index (χ3v) is 3.12. The SMILES string of the molecule is CCN(c1cccc(F)c1[C@@H](C)N)C1CC1. The monoisotopic (exact) mass is 222 g/mol. The van der Waals surface area contributed by atoms with Crippen LogP contribution in [0.3, 0.4) is 0 Å². The van der Waals surface area contributed by atoms with E-state index in [9.17, 15) is 4.39 Å². The maximum absolute atomic E-state index is 13.8. The van der Waals surface area contributed by atoms with Crippen molar-refractivity contribution >= 4 is 5.69 Å². The number of halogens is 1. The van der Waals surface area contributed by atoms with Gasteiger partial charge in [-0.25, -0.2) is 4.39 Å². The predicted octanol–water partition coefficient (Wildman–Crippen LogP) is 2.83. The van der Waals surface area contributed by atoms with Gasteiger partial charge in [-0.15, -0.1) is 0 Å². The Bertz CT molecular complexity index is 372. The van der Waals surface area contributed by atoms with Crippen molar-refractivity contribution in [3.8, 4) is 0 Å². The summed E-state index contributed by atoms with van der Waals surface area (Å²) in [6.07, 6.45) is 2.42. The molecular weight excluding hydrogens is 203 g/mol. The van der Waals surface area contributed by atoms with E-state index in [-0.39, 0.29) is 11.9 Å². The molecule has 1 aromatic carbocycles. The van der Waals surface area contributed by atoms with E-state index in [1.165, 1.54) is 18.9 Å². The molecule has 0 radical (unpaired) electrons. The van der Waals surface area contributed by atoms with Crippen molar-refractivity contribution in [2.45, 2.75) is 38.8 Å². The molecule has 0 heterocycles. The van der Waals surface area contributed by atoms with E-state index in [2.05, 4.69) is 11.8 Å². The average Bonchev–Trinajstić information content (AvgIpc) is 3.02. The summed E-state index contributed by atoms with van der Waals surface area (Å²) in [5.74, 6) is -0.188. The molecule has 88 valence electrons. The molecule has 1 fully saturated rings. The molecule has 2 nitrogen and oxygen atoms in total. The molecule has 1 aromatic rings. The van der Waals surface area contributed by atoms with E-state index in [0.29, 0.717) is 11.6 Å². The maximum atomic E-state index is 13.8. The normalized spacial score (nSPS) is 17.2. The van der Waals surface area contributed by atoms with E-state index in [1.54, 1.807) is 6.07 Å². The zero-order chi connectivity index (χ0) is 11.7. The minimum atomic E-state index is -0.260. The number of benzene rings is 1. The highest BCUT2D eigenvalue weighted by molar-refractivity contribution is 5.57. The molecule has 2 N–H and O–H groups in total. The van der Waals surface area contributed by atoms with Crippen LogP contribution >= 0.6 is 0 Å². The second-order valence-electron chi connectivity index (χ2n) is 4.48. The smallest absolute Gasteiger partial charge is 0.130 e. The Morgan fingerprint density at radius 2 is 2.19 bits per heavy atom. The highest BCUT2D eigenvalue weighted by Crippen LogP contribution is 2.35. The lowest BCUT2D eigenvalue weighted by Crippen LogP contribution is -2.27. The molecule has 0 aromatic heterocycles. The highest BCUT2D eigenvalue weighted by Gasteiger charge is 2.30. The van der Waals surface area contributed by atoms with Gasteiger partial charge in [0, 0.05) is 29.9 Å². The van der Waals surface area contributed by atoms with Crippen LogP contribution in [0.15, 0.2) is 18.2 Å². The molecular formula is C13H19FN2. The lowest BCUT2D eigenvalue weighted by molar-refractivity contribution is 0.591. The zero-order valence-electron chi connectivity index (χ0n) is 9.91. The first-order valence-electron chi connectivity index (χ1n) is 5.95. The Kier molecular flexibility index (Phi) is 3.15. The number of nitrogens with two attached hydrogens (primary N) is 1. The van der Waals surface area contributed by atoms with Crippen LogP contribution in [0.25, 0.3) is 0 Å². The largest absolute Gasteiger partial charge is 0.368 e.